The van der Waals surface area contributed by atoms with E-state index in [1.807, 2.05) is 6.08 Å². The van der Waals surface area contributed by atoms with Gasteiger partial charge < -0.3 is 5.32 Å². The summed E-state index contributed by atoms with van der Waals surface area (Å²) in [6.45, 7) is 0. The summed E-state index contributed by atoms with van der Waals surface area (Å²) in [6, 6.07) is 0. The highest BCUT2D eigenvalue weighted by molar-refractivity contribution is 9.12. The van der Waals surface area contributed by atoms with Gasteiger partial charge in [-0.25, -0.2) is 0 Å². The number of nitrogens with zero attached hydrogens (tertiary/aromatic N) is 2. The Morgan fingerprint density at radius 3 is 3.36 bits per heavy atom. The zero-order valence-corrected chi connectivity index (χ0v) is 7.25. The molecule has 0 aliphatic carbocycles. The van der Waals surface area contributed by atoms with Crippen LogP contribution in [-0.4, -0.2) is 18.1 Å². The van der Waals surface area contributed by atoms with Crippen LogP contribution >= 0.6 is 15.9 Å². The Balaban J connectivity index is 2.35. The van der Waals surface area contributed by atoms with Gasteiger partial charge in [0.05, 0.1) is 5.71 Å². The van der Waals surface area contributed by atoms with Crippen molar-refractivity contribution < 1.29 is 0 Å². The molecule has 0 aromatic rings. The molecule has 1 atom stereocenters. The topological polar surface area (TPSA) is 36.8 Å². The van der Waals surface area contributed by atoms with Gasteiger partial charge in [0.2, 0.25) is 0 Å². The van der Waals surface area contributed by atoms with Crippen LogP contribution in [0.2, 0.25) is 0 Å². The van der Waals surface area contributed by atoms with Gasteiger partial charge in [-0.15, -0.1) is 0 Å². The molecular formula is C7H6BrN3. The Labute approximate surface area is 72.7 Å². The number of fused-ring (bicyclic) bond motifs is 1. The average Bonchev–Trinajstić information content (AvgIpc) is 2.04. The van der Waals surface area contributed by atoms with Crippen molar-refractivity contribution in [2.75, 3.05) is 0 Å². The first-order chi connectivity index (χ1) is 5.36. The Hall–Kier alpha value is -0.900. The number of halogens is 1. The van der Waals surface area contributed by atoms with Gasteiger partial charge in [0.1, 0.15) is 0 Å². The summed E-state index contributed by atoms with van der Waals surface area (Å²) >= 11 is 3.33. The van der Waals surface area contributed by atoms with E-state index in [1.165, 1.54) is 0 Å². The summed E-state index contributed by atoms with van der Waals surface area (Å²) in [5, 5.41) is 3.07. The molecule has 0 radical (unpaired) electrons. The molecule has 3 nitrogen and oxygen atoms in total. The lowest BCUT2D eigenvalue weighted by Crippen LogP contribution is -2.34. The van der Waals surface area contributed by atoms with Crippen molar-refractivity contribution in [3.8, 4) is 0 Å². The van der Waals surface area contributed by atoms with Gasteiger partial charge >= 0.3 is 0 Å². The van der Waals surface area contributed by atoms with Crippen molar-refractivity contribution in [3.05, 3.63) is 23.0 Å². The van der Waals surface area contributed by atoms with E-state index in [9.17, 15) is 0 Å². The first-order valence-corrected chi connectivity index (χ1v) is 4.05. The highest BCUT2D eigenvalue weighted by atomic mass is 79.9. The molecule has 2 rings (SSSR count). The molecule has 56 valence electrons. The van der Waals surface area contributed by atoms with E-state index in [1.54, 1.807) is 18.6 Å². The molecule has 0 aromatic heterocycles. The van der Waals surface area contributed by atoms with Gasteiger partial charge in [-0.2, -0.15) is 0 Å². The molecule has 0 saturated carbocycles. The van der Waals surface area contributed by atoms with E-state index in [2.05, 4.69) is 31.2 Å². The summed E-state index contributed by atoms with van der Waals surface area (Å²) in [5.74, 6) is 0. The maximum Gasteiger partial charge on any atom is 0.161 e. The number of nitrogens with one attached hydrogen (secondary N) is 1. The number of allylic oxidation sites excluding steroid dienone is 1. The molecule has 0 spiro atoms. The zero-order chi connectivity index (χ0) is 7.68. The summed E-state index contributed by atoms with van der Waals surface area (Å²) in [7, 11) is 0. The van der Waals surface area contributed by atoms with Crippen molar-refractivity contribution in [1.29, 1.82) is 0 Å². The summed E-state index contributed by atoms with van der Waals surface area (Å²) in [6.07, 6.45) is 7.26. The fourth-order valence-electron chi connectivity index (χ4n) is 0.973. The lowest BCUT2D eigenvalue weighted by atomic mass is 10.2. The molecule has 0 saturated heterocycles. The van der Waals surface area contributed by atoms with Crippen LogP contribution in [0.4, 0.5) is 0 Å². The Morgan fingerprint density at radius 1 is 1.55 bits per heavy atom. The second-order valence-corrected chi connectivity index (χ2v) is 3.16. The van der Waals surface area contributed by atoms with Crippen LogP contribution in [0.1, 0.15) is 0 Å². The number of hydrogen-bond acceptors (Lipinski definition) is 3. The van der Waals surface area contributed by atoms with Crippen LogP contribution in [0.15, 0.2) is 32.9 Å². The van der Waals surface area contributed by atoms with Crippen LogP contribution < -0.4 is 5.32 Å². The average molecular weight is 212 g/mol. The van der Waals surface area contributed by atoms with Crippen molar-refractivity contribution >= 4 is 27.9 Å². The normalized spacial score (nSPS) is 26.8. The smallest absolute Gasteiger partial charge is 0.161 e. The van der Waals surface area contributed by atoms with Crippen LogP contribution in [0.25, 0.3) is 0 Å². The molecule has 11 heavy (non-hydrogen) atoms. The quantitative estimate of drug-likeness (QED) is 0.643. The highest BCUT2D eigenvalue weighted by Gasteiger charge is 2.15. The lowest BCUT2D eigenvalue weighted by molar-refractivity contribution is 0.764. The molecule has 0 amide bonds. The monoisotopic (exact) mass is 211 g/mol. The van der Waals surface area contributed by atoms with E-state index in [0.717, 1.165) is 10.2 Å². The number of hydrogen-bond donors (Lipinski definition) is 1. The second-order valence-electron chi connectivity index (χ2n) is 2.25. The Bertz CT molecular complexity index is 288. The van der Waals surface area contributed by atoms with Crippen molar-refractivity contribution in [2.24, 2.45) is 9.98 Å². The number of dihydropyridines is 1. The van der Waals surface area contributed by atoms with Gasteiger partial charge in [0.15, 0.2) is 6.17 Å². The molecule has 0 fully saturated rings. The van der Waals surface area contributed by atoms with Gasteiger partial charge in [-0.05, 0) is 22.0 Å². The summed E-state index contributed by atoms with van der Waals surface area (Å²) in [5.41, 5.74) is 0.946. The molecule has 1 unspecified atom stereocenters. The van der Waals surface area contributed by atoms with E-state index in [4.69, 9.17) is 0 Å². The van der Waals surface area contributed by atoms with Crippen LogP contribution in [0, 0.1) is 0 Å². The fourth-order valence-corrected chi connectivity index (χ4v) is 1.33. The largest absolute Gasteiger partial charge is 0.364 e. The first-order valence-electron chi connectivity index (χ1n) is 3.25. The van der Waals surface area contributed by atoms with Crippen molar-refractivity contribution in [3.63, 3.8) is 0 Å². The molecule has 0 aromatic carbocycles. The van der Waals surface area contributed by atoms with Gasteiger partial charge in [-0.3, -0.25) is 9.98 Å². The van der Waals surface area contributed by atoms with Crippen LogP contribution in [0.5, 0.6) is 0 Å². The Morgan fingerprint density at radius 2 is 2.45 bits per heavy atom. The number of aliphatic imine (C=N–C) groups is 2. The van der Waals surface area contributed by atoms with E-state index < -0.39 is 0 Å². The third-order valence-corrected chi connectivity index (χ3v) is 1.90. The van der Waals surface area contributed by atoms with Crippen LogP contribution in [-0.2, 0) is 0 Å². The molecule has 0 bridgehead atoms. The molecular weight excluding hydrogens is 206 g/mol. The van der Waals surface area contributed by atoms with Crippen molar-refractivity contribution in [2.45, 2.75) is 6.17 Å². The van der Waals surface area contributed by atoms with Crippen LogP contribution in [0.3, 0.4) is 0 Å². The third-order valence-electron chi connectivity index (χ3n) is 1.47. The van der Waals surface area contributed by atoms with Gasteiger partial charge in [0.25, 0.3) is 0 Å². The minimum atomic E-state index is 0.0151. The minimum absolute atomic E-state index is 0.0151. The molecule has 2 aliphatic rings. The lowest BCUT2D eigenvalue weighted by Gasteiger charge is -2.18. The van der Waals surface area contributed by atoms with E-state index in [0.29, 0.717) is 0 Å². The standard InChI is InChI=1S/C7H6BrN3/c8-5-3-6-7(11-4-5)10-2-1-9-6/h1-4,7,10H. The van der Waals surface area contributed by atoms with Gasteiger partial charge in [-0.1, -0.05) is 0 Å². The molecule has 4 heteroatoms. The highest BCUT2D eigenvalue weighted by Crippen LogP contribution is 2.11. The summed E-state index contributed by atoms with van der Waals surface area (Å²) < 4.78 is 0.963. The van der Waals surface area contributed by atoms with Crippen molar-refractivity contribution in [1.82, 2.24) is 5.32 Å². The maximum atomic E-state index is 4.20. The molecule has 2 heterocycles. The minimum Gasteiger partial charge on any atom is -0.364 e. The fraction of sp³-hybridized carbons (Fsp3) is 0.143. The summed E-state index contributed by atoms with van der Waals surface area (Å²) in [4.78, 5) is 8.35. The predicted octanol–water partition coefficient (Wildman–Crippen LogP) is 1.19. The van der Waals surface area contributed by atoms with E-state index >= 15 is 0 Å². The maximum absolute atomic E-state index is 4.20. The molecule has 2 aliphatic heterocycles. The zero-order valence-electron chi connectivity index (χ0n) is 5.66. The second kappa shape index (κ2) is 2.62. The Kier molecular flexibility index (Phi) is 1.62. The van der Waals surface area contributed by atoms with E-state index in [-0.39, 0.29) is 6.17 Å². The van der Waals surface area contributed by atoms with Gasteiger partial charge in [0, 0.05) is 23.1 Å². The molecule has 1 N–H and O–H groups in total. The first kappa shape index (κ1) is 6.79. The number of rotatable bonds is 0. The SMILES string of the molecule is BrC1=CC2=NC=CNC2N=C1. The predicted molar refractivity (Wildman–Crippen MR) is 49.0 cm³/mol. The third kappa shape index (κ3) is 1.26.